The molecular formula is C24H32O2. The average Bonchev–Trinajstić information content (AvgIpc) is 2.81. The lowest BCUT2D eigenvalue weighted by molar-refractivity contribution is -0.112. The van der Waals surface area contributed by atoms with Gasteiger partial charge in [0.2, 0.25) is 0 Å². The van der Waals surface area contributed by atoms with Crippen LogP contribution in [-0.2, 0) is 4.74 Å². The Bertz CT molecular complexity index is 736. The maximum Gasteiger partial charge on any atom is 0.131 e. The predicted molar refractivity (Wildman–Crippen MR) is 105 cm³/mol. The van der Waals surface area contributed by atoms with Crippen molar-refractivity contribution in [3.05, 3.63) is 35.1 Å². The molecule has 2 nitrogen and oxygen atoms in total. The molecule has 1 fully saturated rings. The number of methoxy groups -OCH3 is 1. The minimum Gasteiger partial charge on any atom is -0.501 e. The quantitative estimate of drug-likeness (QED) is 0.522. The fourth-order valence-electron chi connectivity index (χ4n) is 6.48. The molecule has 0 aromatic rings. The molecule has 5 atom stereocenters. The van der Waals surface area contributed by atoms with E-state index in [1.165, 1.54) is 6.42 Å². The van der Waals surface area contributed by atoms with Gasteiger partial charge in [-0.1, -0.05) is 43.1 Å². The molecule has 2 heteroatoms. The number of terminal acetylenes is 1. The van der Waals surface area contributed by atoms with Crippen molar-refractivity contribution in [1.29, 1.82) is 0 Å². The van der Waals surface area contributed by atoms with E-state index in [9.17, 15) is 5.11 Å². The Morgan fingerprint density at radius 3 is 2.77 bits per heavy atom. The molecule has 140 valence electrons. The van der Waals surface area contributed by atoms with Crippen LogP contribution in [0.15, 0.2) is 35.1 Å². The molecule has 0 aromatic carbocycles. The number of hydrogen-bond donors (Lipinski definition) is 1. The highest BCUT2D eigenvalue weighted by molar-refractivity contribution is 5.41. The number of fused-ring (bicyclic) bond motifs is 5. The van der Waals surface area contributed by atoms with Crippen molar-refractivity contribution in [3.8, 4) is 12.3 Å². The lowest BCUT2D eigenvalue weighted by atomic mass is 9.47. The largest absolute Gasteiger partial charge is 0.501 e. The minimum absolute atomic E-state index is 0.132. The predicted octanol–water partition coefficient (Wildman–Crippen LogP) is 5.15. The molecule has 4 aliphatic carbocycles. The van der Waals surface area contributed by atoms with Gasteiger partial charge in [-0.25, -0.2) is 0 Å². The fraction of sp³-hybridized carbons (Fsp3) is 0.667. The van der Waals surface area contributed by atoms with Crippen LogP contribution in [0.3, 0.4) is 0 Å². The Hall–Kier alpha value is -1.46. The second-order valence-electron chi connectivity index (χ2n) is 9.27. The molecule has 0 radical (unpaired) electrons. The van der Waals surface area contributed by atoms with Crippen LogP contribution in [0, 0.1) is 35.0 Å². The van der Waals surface area contributed by atoms with Gasteiger partial charge in [0.05, 0.1) is 12.9 Å². The van der Waals surface area contributed by atoms with Gasteiger partial charge >= 0.3 is 0 Å². The van der Waals surface area contributed by atoms with Crippen LogP contribution in [0.1, 0.15) is 65.2 Å². The summed E-state index contributed by atoms with van der Waals surface area (Å²) in [5, 5.41) is 11.2. The summed E-state index contributed by atoms with van der Waals surface area (Å²) >= 11 is 0. The van der Waals surface area contributed by atoms with Crippen molar-refractivity contribution in [3.63, 3.8) is 0 Å². The van der Waals surface area contributed by atoms with Crippen molar-refractivity contribution in [2.24, 2.45) is 22.7 Å². The third-order valence-corrected chi connectivity index (χ3v) is 8.33. The molecule has 4 aliphatic rings. The topological polar surface area (TPSA) is 29.5 Å². The summed E-state index contributed by atoms with van der Waals surface area (Å²) in [7, 11) is 1.79. The molecule has 26 heavy (non-hydrogen) atoms. The Morgan fingerprint density at radius 1 is 1.23 bits per heavy atom. The molecule has 0 aromatic heterocycles. The number of aliphatic hydroxyl groups is 1. The van der Waals surface area contributed by atoms with Crippen molar-refractivity contribution in [1.82, 2.24) is 0 Å². The van der Waals surface area contributed by atoms with E-state index in [1.54, 1.807) is 18.3 Å². The van der Waals surface area contributed by atoms with E-state index in [0.717, 1.165) is 50.7 Å². The molecule has 0 saturated heterocycles. The first kappa shape index (κ1) is 17.9. The number of rotatable bonds is 1. The molecule has 0 bridgehead atoms. The van der Waals surface area contributed by atoms with Crippen molar-refractivity contribution in [2.75, 3.05) is 7.11 Å². The lowest BCUT2D eigenvalue weighted by Gasteiger charge is -2.58. The molecule has 0 spiro atoms. The van der Waals surface area contributed by atoms with Crippen molar-refractivity contribution in [2.45, 2.75) is 70.8 Å². The summed E-state index contributed by atoms with van der Waals surface area (Å²) in [6.45, 7) is 4.67. The summed E-state index contributed by atoms with van der Waals surface area (Å²) in [6.07, 6.45) is 21.1. The van der Waals surface area contributed by atoms with Gasteiger partial charge in [0.1, 0.15) is 5.60 Å². The third-order valence-electron chi connectivity index (χ3n) is 8.33. The highest BCUT2D eigenvalue weighted by atomic mass is 16.5. The van der Waals surface area contributed by atoms with Crippen LogP contribution >= 0.6 is 0 Å². The van der Waals surface area contributed by atoms with Gasteiger partial charge in [0, 0.05) is 17.3 Å². The first-order chi connectivity index (χ1) is 12.4. The van der Waals surface area contributed by atoms with E-state index in [-0.39, 0.29) is 10.8 Å². The number of hydrogen-bond acceptors (Lipinski definition) is 2. The van der Waals surface area contributed by atoms with Gasteiger partial charge < -0.3 is 9.84 Å². The van der Waals surface area contributed by atoms with Crippen molar-refractivity contribution < 1.29 is 9.84 Å². The van der Waals surface area contributed by atoms with Crippen LogP contribution in [0.5, 0.6) is 0 Å². The van der Waals surface area contributed by atoms with Gasteiger partial charge in [0.15, 0.2) is 0 Å². The van der Waals surface area contributed by atoms with Gasteiger partial charge in [-0.05, 0) is 62.9 Å². The van der Waals surface area contributed by atoms with Crippen molar-refractivity contribution >= 4 is 0 Å². The Balaban J connectivity index is 1.73. The van der Waals surface area contributed by atoms with Crippen LogP contribution in [-0.4, -0.2) is 17.8 Å². The summed E-state index contributed by atoms with van der Waals surface area (Å²) in [6, 6.07) is 0. The summed E-state index contributed by atoms with van der Waals surface area (Å²) < 4.78 is 5.56. The molecule has 1 N–H and O–H groups in total. The number of allylic oxidation sites excluding steroid dienone is 6. The zero-order valence-corrected chi connectivity index (χ0v) is 16.5. The Morgan fingerprint density at radius 2 is 2.04 bits per heavy atom. The first-order valence-electron chi connectivity index (χ1n) is 10.2. The summed E-state index contributed by atoms with van der Waals surface area (Å²) in [5.74, 6) is 4.91. The molecule has 0 aliphatic heterocycles. The van der Waals surface area contributed by atoms with E-state index in [0.29, 0.717) is 11.8 Å². The zero-order chi connectivity index (χ0) is 18.6. The maximum absolute atomic E-state index is 11.2. The van der Waals surface area contributed by atoms with Crippen LogP contribution in [0.25, 0.3) is 0 Å². The van der Waals surface area contributed by atoms with E-state index in [2.05, 4.69) is 38.0 Å². The monoisotopic (exact) mass is 352 g/mol. The van der Waals surface area contributed by atoms with Gasteiger partial charge in [-0.15, -0.1) is 6.42 Å². The van der Waals surface area contributed by atoms with E-state index >= 15 is 0 Å². The Kier molecular flexibility index (Phi) is 4.16. The van der Waals surface area contributed by atoms with Gasteiger partial charge in [-0.3, -0.25) is 0 Å². The molecule has 4 unspecified atom stereocenters. The zero-order valence-electron chi connectivity index (χ0n) is 16.5. The highest BCUT2D eigenvalue weighted by Crippen LogP contribution is 2.63. The van der Waals surface area contributed by atoms with E-state index < -0.39 is 5.60 Å². The average molecular weight is 353 g/mol. The molecule has 0 heterocycles. The standard InChI is InChI=1S/C24H32O2/c1-5-24(25)14-6-7-21-19-11-9-17-8-10-18(26-4)12-15-22(17,2)20(19)13-16-23(21,24)3/h1,9-10,13,19,21,25H,6-8,11-12,14-16H2,2-4H3/t19?,21?,22?,23?,24-/m0/s1. The smallest absolute Gasteiger partial charge is 0.131 e. The molecule has 1 saturated carbocycles. The molecule has 4 rings (SSSR count). The summed E-state index contributed by atoms with van der Waals surface area (Å²) in [4.78, 5) is 0. The Labute approximate surface area is 158 Å². The highest BCUT2D eigenvalue weighted by Gasteiger charge is 2.58. The van der Waals surface area contributed by atoms with Crippen LogP contribution < -0.4 is 0 Å². The van der Waals surface area contributed by atoms with Crippen LogP contribution in [0.2, 0.25) is 0 Å². The SMILES string of the molecule is C#C[C@]1(O)CCCC2C3CC=C4CC=C(OC)CCC4(C)C3=CCC21C. The fourth-order valence-corrected chi connectivity index (χ4v) is 6.48. The molecule has 0 amide bonds. The van der Waals surface area contributed by atoms with E-state index in [1.807, 2.05) is 0 Å². The van der Waals surface area contributed by atoms with Gasteiger partial charge in [-0.2, -0.15) is 0 Å². The second-order valence-corrected chi connectivity index (χ2v) is 9.27. The maximum atomic E-state index is 11.2. The van der Waals surface area contributed by atoms with E-state index in [4.69, 9.17) is 11.2 Å². The third kappa shape index (κ3) is 2.29. The second kappa shape index (κ2) is 6.03. The molecular weight excluding hydrogens is 320 g/mol. The number of ether oxygens (including phenoxy) is 1. The normalized spacial score (nSPS) is 44.8. The van der Waals surface area contributed by atoms with Gasteiger partial charge in [0.25, 0.3) is 0 Å². The minimum atomic E-state index is -0.961. The first-order valence-corrected chi connectivity index (χ1v) is 10.2. The lowest BCUT2D eigenvalue weighted by Crippen LogP contribution is -2.57. The summed E-state index contributed by atoms with van der Waals surface area (Å²) in [5.41, 5.74) is 2.14. The van der Waals surface area contributed by atoms with Crippen LogP contribution in [0.4, 0.5) is 0 Å².